The molecule has 30 heavy (non-hydrogen) atoms. The maximum Gasteiger partial charge on any atom is 0.244 e. The molecule has 2 aromatic carbocycles. The van der Waals surface area contributed by atoms with Crippen LogP contribution in [0.1, 0.15) is 32.3 Å². The van der Waals surface area contributed by atoms with Crippen molar-refractivity contribution in [2.75, 3.05) is 13.1 Å². The number of amides is 1. The molecule has 8 heteroatoms. The third-order valence-electron chi connectivity index (χ3n) is 5.42. The highest BCUT2D eigenvalue weighted by Crippen LogP contribution is 2.31. The first-order valence-corrected chi connectivity index (χ1v) is 12.2. The molecule has 0 atom stereocenters. The number of carbonyl (C=O) groups excluding carboxylic acids is 1. The van der Waals surface area contributed by atoms with Gasteiger partial charge in [0.25, 0.3) is 0 Å². The number of benzene rings is 2. The van der Waals surface area contributed by atoms with Crippen LogP contribution in [0, 0.1) is 5.92 Å². The third-order valence-corrected chi connectivity index (χ3v) is 8.03. The molecule has 0 aliphatic carbocycles. The van der Waals surface area contributed by atoms with Crippen LogP contribution in [0.5, 0.6) is 0 Å². The number of sulfonamides is 1. The predicted octanol–water partition coefficient (Wildman–Crippen LogP) is 4.83. The van der Waals surface area contributed by atoms with E-state index in [2.05, 4.69) is 0 Å². The van der Waals surface area contributed by atoms with Gasteiger partial charge < -0.3 is 4.90 Å². The molecule has 162 valence electrons. The number of rotatable bonds is 6. The van der Waals surface area contributed by atoms with E-state index < -0.39 is 10.0 Å². The Labute approximate surface area is 188 Å². The second-order valence-electron chi connectivity index (χ2n) is 7.80. The van der Waals surface area contributed by atoms with Gasteiger partial charge in [0.15, 0.2) is 0 Å². The lowest BCUT2D eigenvalue weighted by Gasteiger charge is -2.35. The molecule has 0 saturated carbocycles. The maximum atomic E-state index is 13.2. The van der Waals surface area contributed by atoms with Gasteiger partial charge in [-0.1, -0.05) is 53.5 Å². The van der Waals surface area contributed by atoms with Gasteiger partial charge in [-0.3, -0.25) is 4.79 Å². The first kappa shape index (κ1) is 23.1. The van der Waals surface area contributed by atoms with Crippen LogP contribution >= 0.6 is 23.2 Å². The Balaban J connectivity index is 1.69. The van der Waals surface area contributed by atoms with Gasteiger partial charge in [0, 0.05) is 36.6 Å². The quantitative estimate of drug-likeness (QED) is 0.609. The summed E-state index contributed by atoms with van der Waals surface area (Å²) < 4.78 is 27.4. The standard InChI is InChI=1S/C22H26Cl2N2O3S/c1-16(2)26(15-17-6-4-3-5-7-17)22(27)18-10-12-25(13-11-18)30(28,29)21-14-19(23)8-9-20(21)24/h3-9,14,16,18H,10-13,15H2,1-2H3. The summed E-state index contributed by atoms with van der Waals surface area (Å²) in [5.74, 6) is -0.121. The summed E-state index contributed by atoms with van der Waals surface area (Å²) in [6.07, 6.45) is 0.961. The number of piperidine rings is 1. The molecule has 1 amide bonds. The molecule has 0 N–H and O–H groups in total. The molecule has 1 aliphatic heterocycles. The van der Waals surface area contributed by atoms with E-state index >= 15 is 0 Å². The van der Waals surface area contributed by atoms with Crippen LogP contribution in [0.3, 0.4) is 0 Å². The highest BCUT2D eigenvalue weighted by atomic mass is 35.5. The fourth-order valence-corrected chi connectivity index (χ4v) is 5.89. The smallest absolute Gasteiger partial charge is 0.244 e. The first-order chi connectivity index (χ1) is 14.2. The molecular formula is C22H26Cl2N2O3S. The Hall–Kier alpha value is -1.60. The average Bonchev–Trinajstić information content (AvgIpc) is 2.74. The van der Waals surface area contributed by atoms with Crippen LogP contribution in [0.2, 0.25) is 10.0 Å². The Kier molecular flexibility index (Phi) is 7.45. The lowest BCUT2D eigenvalue weighted by Crippen LogP contribution is -2.46. The molecule has 0 radical (unpaired) electrons. The summed E-state index contributed by atoms with van der Waals surface area (Å²) >= 11 is 12.1. The SMILES string of the molecule is CC(C)N(Cc1ccccc1)C(=O)C1CCN(S(=O)(=O)c2cc(Cl)ccc2Cl)CC1. The number of carbonyl (C=O) groups is 1. The van der Waals surface area contributed by atoms with Crippen molar-refractivity contribution in [3.05, 3.63) is 64.1 Å². The zero-order valence-corrected chi connectivity index (χ0v) is 19.4. The number of hydrogen-bond donors (Lipinski definition) is 0. The molecule has 0 aromatic heterocycles. The van der Waals surface area contributed by atoms with E-state index in [1.807, 2.05) is 49.1 Å². The fourth-order valence-electron chi connectivity index (χ4n) is 3.69. The average molecular weight is 469 g/mol. The van der Waals surface area contributed by atoms with Crippen molar-refractivity contribution in [3.8, 4) is 0 Å². The molecule has 1 fully saturated rings. The third kappa shape index (κ3) is 5.17. The summed E-state index contributed by atoms with van der Waals surface area (Å²) in [5, 5.41) is 0.461. The molecule has 1 saturated heterocycles. The van der Waals surface area contributed by atoms with Crippen molar-refractivity contribution < 1.29 is 13.2 Å². The molecule has 1 aliphatic rings. The second-order valence-corrected chi connectivity index (χ2v) is 10.5. The fraction of sp³-hybridized carbons (Fsp3) is 0.409. The van der Waals surface area contributed by atoms with Crippen molar-refractivity contribution >= 4 is 39.1 Å². The zero-order valence-electron chi connectivity index (χ0n) is 17.1. The van der Waals surface area contributed by atoms with Gasteiger partial charge in [-0.05, 0) is 50.5 Å². The largest absolute Gasteiger partial charge is 0.336 e. The number of halogens is 2. The van der Waals surface area contributed by atoms with Crippen LogP contribution in [-0.4, -0.2) is 42.7 Å². The van der Waals surface area contributed by atoms with E-state index in [0.717, 1.165) is 5.56 Å². The molecule has 3 rings (SSSR count). The van der Waals surface area contributed by atoms with Gasteiger partial charge in [-0.25, -0.2) is 8.42 Å². The van der Waals surface area contributed by atoms with E-state index in [4.69, 9.17) is 23.2 Å². The minimum atomic E-state index is -3.76. The van der Waals surface area contributed by atoms with E-state index in [0.29, 0.717) is 24.4 Å². The van der Waals surface area contributed by atoms with Gasteiger partial charge in [0.1, 0.15) is 4.90 Å². The van der Waals surface area contributed by atoms with Gasteiger partial charge in [0.05, 0.1) is 5.02 Å². The van der Waals surface area contributed by atoms with Gasteiger partial charge >= 0.3 is 0 Å². The van der Waals surface area contributed by atoms with Crippen LogP contribution in [0.25, 0.3) is 0 Å². The van der Waals surface area contributed by atoms with E-state index in [9.17, 15) is 13.2 Å². The zero-order chi connectivity index (χ0) is 21.9. The molecule has 1 heterocycles. The lowest BCUT2D eigenvalue weighted by atomic mass is 9.95. The van der Waals surface area contributed by atoms with Crippen molar-refractivity contribution in [2.45, 2.75) is 44.2 Å². The van der Waals surface area contributed by atoms with Crippen molar-refractivity contribution in [1.82, 2.24) is 9.21 Å². The van der Waals surface area contributed by atoms with Gasteiger partial charge in [-0.2, -0.15) is 4.31 Å². The molecule has 2 aromatic rings. The van der Waals surface area contributed by atoms with E-state index in [1.54, 1.807) is 6.07 Å². The maximum absolute atomic E-state index is 13.2. The van der Waals surface area contributed by atoms with Crippen molar-refractivity contribution in [1.29, 1.82) is 0 Å². The minimum Gasteiger partial charge on any atom is -0.336 e. The Bertz CT molecular complexity index is 989. The van der Waals surface area contributed by atoms with Crippen LogP contribution in [-0.2, 0) is 21.4 Å². The van der Waals surface area contributed by atoms with Crippen LogP contribution < -0.4 is 0 Å². The highest BCUT2D eigenvalue weighted by molar-refractivity contribution is 7.89. The van der Waals surface area contributed by atoms with E-state index in [1.165, 1.54) is 16.4 Å². The minimum absolute atomic E-state index is 0.00864. The van der Waals surface area contributed by atoms with E-state index in [-0.39, 0.29) is 40.9 Å². The van der Waals surface area contributed by atoms with Crippen LogP contribution in [0.4, 0.5) is 0 Å². The summed E-state index contributed by atoms with van der Waals surface area (Å²) in [6.45, 7) is 5.11. The number of nitrogens with zero attached hydrogens (tertiary/aromatic N) is 2. The van der Waals surface area contributed by atoms with Crippen molar-refractivity contribution in [2.24, 2.45) is 5.92 Å². The van der Waals surface area contributed by atoms with Gasteiger partial charge in [0.2, 0.25) is 15.9 Å². The lowest BCUT2D eigenvalue weighted by molar-refractivity contribution is -0.139. The molecule has 0 unspecified atom stereocenters. The predicted molar refractivity (Wildman–Crippen MR) is 120 cm³/mol. The topological polar surface area (TPSA) is 57.7 Å². The summed E-state index contributed by atoms with van der Waals surface area (Å²) in [5.41, 5.74) is 1.08. The van der Waals surface area contributed by atoms with Crippen molar-refractivity contribution in [3.63, 3.8) is 0 Å². The Morgan fingerprint density at radius 2 is 1.73 bits per heavy atom. The highest BCUT2D eigenvalue weighted by Gasteiger charge is 2.35. The number of hydrogen-bond acceptors (Lipinski definition) is 3. The monoisotopic (exact) mass is 468 g/mol. The summed E-state index contributed by atoms with van der Waals surface area (Å²) in [7, 11) is -3.76. The molecular weight excluding hydrogens is 443 g/mol. The second kappa shape index (κ2) is 9.69. The molecule has 0 spiro atoms. The summed E-state index contributed by atoms with van der Waals surface area (Å²) in [4.78, 5) is 15.1. The Morgan fingerprint density at radius 3 is 2.33 bits per heavy atom. The molecule has 0 bridgehead atoms. The Morgan fingerprint density at radius 1 is 1.10 bits per heavy atom. The van der Waals surface area contributed by atoms with Crippen LogP contribution in [0.15, 0.2) is 53.4 Å². The summed E-state index contributed by atoms with van der Waals surface area (Å²) in [6, 6.07) is 14.4. The normalized spacial score (nSPS) is 16.0. The van der Waals surface area contributed by atoms with Gasteiger partial charge in [-0.15, -0.1) is 0 Å². The molecule has 5 nitrogen and oxygen atoms in total. The first-order valence-electron chi connectivity index (χ1n) is 9.99.